The molecule has 0 radical (unpaired) electrons. The highest BCUT2D eigenvalue weighted by Crippen LogP contribution is 2.32. The molecule has 3 rings (SSSR count). The SMILES string of the molecule is C#Cc1cnc(C#N)c(SC(OC(CO)[C@@H](C)O)[C@H](Cn2cc(-c3cc(F)c(Cl)c(F)c3)nn2)OC)c1. The summed E-state index contributed by atoms with van der Waals surface area (Å²) in [4.78, 5) is 4.47. The number of hydrogen-bond acceptors (Lipinski definition) is 9. The number of thioether (sulfide) groups is 1. The van der Waals surface area contributed by atoms with E-state index in [-0.39, 0.29) is 23.5 Å². The largest absolute Gasteiger partial charge is 0.394 e. The summed E-state index contributed by atoms with van der Waals surface area (Å²) in [6, 6.07) is 5.66. The topological polar surface area (TPSA) is 126 Å². The number of pyridine rings is 1. The zero-order valence-corrected chi connectivity index (χ0v) is 21.2. The third-order valence-corrected chi connectivity index (χ3v) is 6.76. The van der Waals surface area contributed by atoms with Crippen molar-refractivity contribution in [1.29, 1.82) is 5.26 Å². The normalized spacial score (nSPS) is 14.4. The second-order valence-electron chi connectivity index (χ2n) is 7.76. The number of rotatable bonds is 11. The van der Waals surface area contributed by atoms with Gasteiger partial charge < -0.3 is 19.7 Å². The van der Waals surface area contributed by atoms with Crippen molar-refractivity contribution in [3.63, 3.8) is 0 Å². The van der Waals surface area contributed by atoms with E-state index in [2.05, 4.69) is 21.2 Å². The van der Waals surface area contributed by atoms with Gasteiger partial charge in [0.05, 0.1) is 25.5 Å². The van der Waals surface area contributed by atoms with Gasteiger partial charge in [-0.15, -0.1) is 11.5 Å². The number of nitrogens with zero attached hydrogens (tertiary/aromatic N) is 5. The lowest BCUT2D eigenvalue weighted by molar-refractivity contribution is -0.105. The zero-order valence-electron chi connectivity index (χ0n) is 19.7. The smallest absolute Gasteiger partial charge is 0.154 e. The summed E-state index contributed by atoms with van der Waals surface area (Å²) in [5.41, 5.74) is -0.0418. The van der Waals surface area contributed by atoms with Crippen LogP contribution in [0, 0.1) is 35.3 Å². The summed E-state index contributed by atoms with van der Waals surface area (Å²) >= 11 is 6.62. The maximum atomic E-state index is 13.9. The molecule has 0 fully saturated rings. The second-order valence-corrected chi connectivity index (χ2v) is 9.28. The first-order valence-corrected chi connectivity index (χ1v) is 12.0. The Balaban J connectivity index is 1.92. The van der Waals surface area contributed by atoms with Gasteiger partial charge in [0.1, 0.15) is 46.1 Å². The van der Waals surface area contributed by atoms with Crippen LogP contribution in [0.25, 0.3) is 11.3 Å². The van der Waals surface area contributed by atoms with Gasteiger partial charge in [-0.1, -0.05) is 34.5 Å². The standard InChI is InChI=1S/C24H22ClF2N5O4S/c1-4-14-5-22(18(8-28)29-9-14)37-24(36-21(12-33)13(2)34)20(35-3)11-32-10-19(30-31-32)15-6-16(26)23(25)17(27)7-15/h1,5-7,9-10,13,20-21,24,33-34H,11-12H2,2-3H3/t13-,20+,21?,24?/m1/s1. The van der Waals surface area contributed by atoms with E-state index >= 15 is 0 Å². The van der Waals surface area contributed by atoms with E-state index in [1.165, 1.54) is 31.1 Å². The molecule has 0 aliphatic heterocycles. The molecule has 1 aromatic carbocycles. The highest BCUT2D eigenvalue weighted by molar-refractivity contribution is 7.99. The average molecular weight is 550 g/mol. The molecule has 194 valence electrons. The van der Waals surface area contributed by atoms with Crippen LogP contribution in [0.15, 0.2) is 35.5 Å². The third kappa shape index (κ3) is 7.02. The molecule has 2 unspecified atom stereocenters. The number of nitriles is 1. The second kappa shape index (κ2) is 12.9. The number of aliphatic hydroxyl groups excluding tert-OH is 2. The molecule has 3 aromatic rings. The van der Waals surface area contributed by atoms with Crippen LogP contribution in [-0.4, -0.2) is 67.7 Å². The quantitative estimate of drug-likeness (QED) is 0.161. The van der Waals surface area contributed by atoms with Gasteiger partial charge in [-0.05, 0) is 25.1 Å². The Morgan fingerprint density at radius 1 is 1.27 bits per heavy atom. The molecule has 0 spiro atoms. The number of terminal acetylenes is 1. The Hall–Kier alpha value is -3.10. The fourth-order valence-corrected chi connectivity index (χ4v) is 4.49. The van der Waals surface area contributed by atoms with Crippen LogP contribution in [0.5, 0.6) is 0 Å². The van der Waals surface area contributed by atoms with Crippen LogP contribution in [-0.2, 0) is 16.0 Å². The van der Waals surface area contributed by atoms with Crippen molar-refractivity contribution in [3.05, 3.63) is 58.5 Å². The van der Waals surface area contributed by atoms with E-state index < -0.39 is 47.0 Å². The van der Waals surface area contributed by atoms with Crippen molar-refractivity contribution in [2.45, 2.75) is 42.1 Å². The van der Waals surface area contributed by atoms with Crippen LogP contribution in [0.4, 0.5) is 8.78 Å². The molecule has 2 aromatic heterocycles. The maximum Gasteiger partial charge on any atom is 0.154 e. The van der Waals surface area contributed by atoms with Crippen molar-refractivity contribution in [2.24, 2.45) is 0 Å². The summed E-state index contributed by atoms with van der Waals surface area (Å²) in [7, 11) is 1.42. The molecule has 0 aliphatic rings. The van der Waals surface area contributed by atoms with Crippen LogP contribution in [0.3, 0.4) is 0 Å². The lowest BCUT2D eigenvalue weighted by Crippen LogP contribution is -2.40. The van der Waals surface area contributed by atoms with Crippen LogP contribution >= 0.6 is 23.4 Å². The number of hydrogen-bond donors (Lipinski definition) is 2. The van der Waals surface area contributed by atoms with E-state index in [9.17, 15) is 24.3 Å². The molecule has 37 heavy (non-hydrogen) atoms. The minimum absolute atomic E-state index is 0.0435. The molecule has 2 N–H and O–H groups in total. The first kappa shape index (κ1) is 28.5. The first-order chi connectivity index (χ1) is 17.7. The van der Waals surface area contributed by atoms with Gasteiger partial charge in [0, 0.05) is 29.3 Å². The average Bonchev–Trinajstić information content (AvgIpc) is 3.36. The van der Waals surface area contributed by atoms with Crippen molar-refractivity contribution in [1.82, 2.24) is 20.0 Å². The molecule has 2 heterocycles. The summed E-state index contributed by atoms with van der Waals surface area (Å²) in [6.45, 7) is 1.02. The number of benzene rings is 1. The van der Waals surface area contributed by atoms with Crippen molar-refractivity contribution < 1.29 is 28.5 Å². The monoisotopic (exact) mass is 549 g/mol. The summed E-state index contributed by atoms with van der Waals surface area (Å²) < 4.78 is 40.8. The molecule has 0 saturated heterocycles. The van der Waals surface area contributed by atoms with E-state index in [4.69, 9.17) is 27.5 Å². The first-order valence-electron chi connectivity index (χ1n) is 10.8. The summed E-state index contributed by atoms with van der Waals surface area (Å²) in [5, 5.41) is 36.6. The van der Waals surface area contributed by atoms with E-state index in [0.717, 1.165) is 23.9 Å². The maximum absolute atomic E-state index is 13.9. The van der Waals surface area contributed by atoms with Gasteiger partial charge in [-0.3, -0.25) is 0 Å². The highest BCUT2D eigenvalue weighted by Gasteiger charge is 2.30. The predicted molar refractivity (Wildman–Crippen MR) is 131 cm³/mol. The molecular weight excluding hydrogens is 528 g/mol. The number of halogens is 3. The van der Waals surface area contributed by atoms with E-state index in [1.807, 2.05) is 6.07 Å². The Bertz CT molecular complexity index is 1300. The van der Waals surface area contributed by atoms with Gasteiger partial charge in [0.15, 0.2) is 5.69 Å². The minimum Gasteiger partial charge on any atom is -0.394 e. The summed E-state index contributed by atoms with van der Waals surface area (Å²) in [6.07, 6.45) is 5.54. The molecule has 0 bridgehead atoms. The molecule has 4 atom stereocenters. The molecule has 0 aliphatic carbocycles. The van der Waals surface area contributed by atoms with E-state index in [1.54, 1.807) is 6.07 Å². The molecule has 9 nitrogen and oxygen atoms in total. The fraction of sp³-hybridized carbons (Fsp3) is 0.333. The van der Waals surface area contributed by atoms with Crippen molar-refractivity contribution in [3.8, 4) is 29.7 Å². The number of aromatic nitrogens is 4. The van der Waals surface area contributed by atoms with Crippen molar-refractivity contribution >= 4 is 23.4 Å². The van der Waals surface area contributed by atoms with Gasteiger partial charge in [-0.25, -0.2) is 18.4 Å². The number of aliphatic hydroxyl groups is 2. The molecule has 0 saturated carbocycles. The van der Waals surface area contributed by atoms with E-state index in [0.29, 0.717) is 10.5 Å². The van der Waals surface area contributed by atoms with Crippen molar-refractivity contribution in [2.75, 3.05) is 13.7 Å². The lowest BCUT2D eigenvalue weighted by Gasteiger charge is -2.30. The summed E-state index contributed by atoms with van der Waals surface area (Å²) in [5.74, 6) is 0.583. The predicted octanol–water partition coefficient (Wildman–Crippen LogP) is 3.02. The highest BCUT2D eigenvalue weighted by atomic mass is 35.5. The van der Waals surface area contributed by atoms with Gasteiger partial charge in [0.25, 0.3) is 0 Å². The molecule has 13 heteroatoms. The lowest BCUT2D eigenvalue weighted by atomic mass is 10.1. The zero-order chi connectivity index (χ0) is 27.1. The van der Waals surface area contributed by atoms with Gasteiger partial charge in [0.2, 0.25) is 0 Å². The Morgan fingerprint density at radius 2 is 1.97 bits per heavy atom. The Kier molecular flexibility index (Phi) is 9.94. The Morgan fingerprint density at radius 3 is 2.54 bits per heavy atom. The fourth-order valence-electron chi connectivity index (χ4n) is 3.17. The minimum atomic E-state index is -1.02. The third-order valence-electron chi connectivity index (χ3n) is 5.19. The van der Waals surface area contributed by atoms with Gasteiger partial charge >= 0.3 is 0 Å². The van der Waals surface area contributed by atoms with Crippen LogP contribution in [0.2, 0.25) is 5.02 Å². The molecule has 0 amide bonds. The number of ether oxygens (including phenoxy) is 2. The van der Waals surface area contributed by atoms with Crippen LogP contribution < -0.4 is 0 Å². The number of methoxy groups -OCH3 is 1. The Labute approximate surface area is 221 Å². The van der Waals surface area contributed by atoms with Gasteiger partial charge in [-0.2, -0.15) is 5.26 Å². The molecular formula is C24H22ClF2N5O4S. The van der Waals surface area contributed by atoms with Crippen LogP contribution in [0.1, 0.15) is 18.2 Å².